The standard InChI is InChI=1S/C25H21NO4S/c27-24-23(31-25(28)26(24)18-20-7-3-1-4-8-20)17-19-11-13-22(14-12-19)30-16-15-29-21-9-5-2-6-10-21/h1-14,17H,15-16,18H2/b23-17-. The van der Waals surface area contributed by atoms with E-state index in [1.807, 2.05) is 84.9 Å². The Hall–Kier alpha value is -3.51. The molecule has 31 heavy (non-hydrogen) atoms. The minimum atomic E-state index is -0.266. The molecule has 5 nitrogen and oxygen atoms in total. The molecule has 0 radical (unpaired) electrons. The number of thioether (sulfide) groups is 1. The van der Waals surface area contributed by atoms with Gasteiger partial charge in [-0.1, -0.05) is 60.7 Å². The summed E-state index contributed by atoms with van der Waals surface area (Å²) in [5.41, 5.74) is 1.75. The molecule has 0 bridgehead atoms. The van der Waals surface area contributed by atoms with Crippen molar-refractivity contribution in [2.45, 2.75) is 6.54 Å². The summed E-state index contributed by atoms with van der Waals surface area (Å²) in [6, 6.07) is 26.5. The molecule has 0 aliphatic carbocycles. The van der Waals surface area contributed by atoms with Crippen LogP contribution in [0.4, 0.5) is 4.79 Å². The van der Waals surface area contributed by atoms with Gasteiger partial charge in [0.05, 0.1) is 11.4 Å². The summed E-state index contributed by atoms with van der Waals surface area (Å²) in [7, 11) is 0. The van der Waals surface area contributed by atoms with Crippen LogP contribution in [0.5, 0.6) is 11.5 Å². The molecule has 6 heteroatoms. The SMILES string of the molecule is O=C1S/C(=C\c2ccc(OCCOc3ccccc3)cc2)C(=O)N1Cc1ccccc1. The largest absolute Gasteiger partial charge is 0.490 e. The van der Waals surface area contributed by atoms with E-state index in [9.17, 15) is 9.59 Å². The fourth-order valence-electron chi connectivity index (χ4n) is 3.05. The first-order valence-electron chi connectivity index (χ1n) is 9.89. The molecule has 0 N–H and O–H groups in total. The molecule has 1 saturated heterocycles. The van der Waals surface area contributed by atoms with E-state index in [0.717, 1.165) is 28.6 Å². The maximum Gasteiger partial charge on any atom is 0.293 e. The molecule has 4 rings (SSSR count). The smallest absolute Gasteiger partial charge is 0.293 e. The molecule has 0 saturated carbocycles. The Balaban J connectivity index is 1.31. The van der Waals surface area contributed by atoms with Gasteiger partial charge in [-0.25, -0.2) is 0 Å². The molecule has 0 aromatic heterocycles. The number of para-hydroxylation sites is 1. The van der Waals surface area contributed by atoms with Gasteiger partial charge in [-0.05, 0) is 53.2 Å². The van der Waals surface area contributed by atoms with Crippen LogP contribution in [0.25, 0.3) is 6.08 Å². The predicted octanol–water partition coefficient (Wildman–Crippen LogP) is 5.38. The van der Waals surface area contributed by atoms with Gasteiger partial charge in [0, 0.05) is 0 Å². The molecule has 0 spiro atoms. The summed E-state index contributed by atoms with van der Waals surface area (Å²) in [4.78, 5) is 26.6. The monoisotopic (exact) mass is 431 g/mol. The second-order valence-electron chi connectivity index (χ2n) is 6.83. The number of hydrogen-bond donors (Lipinski definition) is 0. The van der Waals surface area contributed by atoms with Crippen molar-refractivity contribution in [3.05, 3.63) is 101 Å². The highest BCUT2D eigenvalue weighted by Gasteiger charge is 2.34. The molecule has 1 fully saturated rings. The average Bonchev–Trinajstić information content (AvgIpc) is 3.06. The average molecular weight is 432 g/mol. The molecule has 1 aliphatic heterocycles. The second-order valence-corrected chi connectivity index (χ2v) is 7.83. The van der Waals surface area contributed by atoms with Crippen molar-refractivity contribution in [3.8, 4) is 11.5 Å². The zero-order valence-electron chi connectivity index (χ0n) is 16.8. The number of nitrogens with zero attached hydrogens (tertiary/aromatic N) is 1. The molecule has 2 amide bonds. The Morgan fingerprint density at radius 1 is 0.742 bits per heavy atom. The quantitative estimate of drug-likeness (QED) is 0.354. The van der Waals surface area contributed by atoms with E-state index in [0.29, 0.717) is 23.9 Å². The van der Waals surface area contributed by atoms with Crippen molar-refractivity contribution < 1.29 is 19.1 Å². The molecule has 156 valence electrons. The van der Waals surface area contributed by atoms with Crippen LogP contribution < -0.4 is 9.47 Å². The van der Waals surface area contributed by atoms with Crippen LogP contribution in [0, 0.1) is 0 Å². The maximum atomic E-state index is 12.7. The fraction of sp³-hybridized carbons (Fsp3) is 0.120. The lowest BCUT2D eigenvalue weighted by Gasteiger charge is -2.12. The van der Waals surface area contributed by atoms with Crippen LogP contribution in [0.15, 0.2) is 89.8 Å². The lowest BCUT2D eigenvalue weighted by Crippen LogP contribution is -2.27. The van der Waals surface area contributed by atoms with E-state index in [1.54, 1.807) is 6.08 Å². The lowest BCUT2D eigenvalue weighted by atomic mass is 10.2. The molecule has 3 aromatic carbocycles. The third-order valence-electron chi connectivity index (χ3n) is 4.60. The summed E-state index contributed by atoms with van der Waals surface area (Å²) >= 11 is 0.966. The van der Waals surface area contributed by atoms with Crippen molar-refractivity contribution in [2.24, 2.45) is 0 Å². The van der Waals surface area contributed by atoms with Crippen molar-refractivity contribution >= 4 is 29.0 Å². The first kappa shape index (κ1) is 20.8. The van der Waals surface area contributed by atoms with Gasteiger partial charge in [0.1, 0.15) is 24.7 Å². The van der Waals surface area contributed by atoms with Gasteiger partial charge < -0.3 is 9.47 Å². The Morgan fingerprint density at radius 2 is 1.32 bits per heavy atom. The molecule has 1 aliphatic rings. The number of amides is 2. The summed E-state index contributed by atoms with van der Waals surface area (Å²) < 4.78 is 11.3. The van der Waals surface area contributed by atoms with Crippen molar-refractivity contribution in [1.29, 1.82) is 0 Å². The molecule has 3 aromatic rings. The van der Waals surface area contributed by atoms with Crippen LogP contribution in [0.3, 0.4) is 0 Å². The van der Waals surface area contributed by atoms with Gasteiger partial charge in [-0.3, -0.25) is 14.5 Å². The van der Waals surface area contributed by atoms with Gasteiger partial charge in [-0.2, -0.15) is 0 Å². The van der Waals surface area contributed by atoms with E-state index in [2.05, 4.69) is 0 Å². The molecule has 0 atom stereocenters. The number of carbonyl (C=O) groups excluding carboxylic acids is 2. The number of imide groups is 1. The molecular weight excluding hydrogens is 410 g/mol. The number of carbonyl (C=O) groups is 2. The van der Waals surface area contributed by atoms with E-state index >= 15 is 0 Å². The first-order valence-corrected chi connectivity index (χ1v) is 10.7. The Kier molecular flexibility index (Phi) is 6.69. The van der Waals surface area contributed by atoms with Gasteiger partial charge in [0.2, 0.25) is 0 Å². The highest BCUT2D eigenvalue weighted by molar-refractivity contribution is 8.18. The first-order chi connectivity index (χ1) is 15.2. The minimum Gasteiger partial charge on any atom is -0.490 e. The number of rotatable bonds is 8. The van der Waals surface area contributed by atoms with Crippen molar-refractivity contribution in [2.75, 3.05) is 13.2 Å². The van der Waals surface area contributed by atoms with Crippen LogP contribution in [-0.2, 0) is 11.3 Å². The van der Waals surface area contributed by atoms with E-state index in [4.69, 9.17) is 9.47 Å². The third kappa shape index (κ3) is 5.55. The van der Waals surface area contributed by atoms with Crippen LogP contribution in [0.1, 0.15) is 11.1 Å². The Bertz CT molecular complexity index is 1070. The Morgan fingerprint density at radius 3 is 1.97 bits per heavy atom. The van der Waals surface area contributed by atoms with Crippen LogP contribution >= 0.6 is 11.8 Å². The zero-order valence-corrected chi connectivity index (χ0v) is 17.6. The second kappa shape index (κ2) is 10.00. The molecule has 0 unspecified atom stereocenters. The van der Waals surface area contributed by atoms with Crippen LogP contribution in [0.2, 0.25) is 0 Å². The topological polar surface area (TPSA) is 55.8 Å². The maximum absolute atomic E-state index is 12.7. The highest BCUT2D eigenvalue weighted by Crippen LogP contribution is 2.33. The number of benzene rings is 3. The van der Waals surface area contributed by atoms with Crippen molar-refractivity contribution in [1.82, 2.24) is 4.90 Å². The van der Waals surface area contributed by atoms with Gasteiger partial charge in [0.25, 0.3) is 11.1 Å². The van der Waals surface area contributed by atoms with E-state index in [1.165, 1.54) is 4.90 Å². The minimum absolute atomic E-state index is 0.251. The van der Waals surface area contributed by atoms with Gasteiger partial charge in [0.15, 0.2) is 0 Å². The number of ether oxygens (including phenoxy) is 2. The van der Waals surface area contributed by atoms with E-state index in [-0.39, 0.29) is 17.7 Å². The van der Waals surface area contributed by atoms with Crippen molar-refractivity contribution in [3.63, 3.8) is 0 Å². The lowest BCUT2D eigenvalue weighted by molar-refractivity contribution is -0.123. The number of hydrogen-bond acceptors (Lipinski definition) is 5. The van der Waals surface area contributed by atoms with Gasteiger partial charge in [-0.15, -0.1) is 0 Å². The summed E-state index contributed by atoms with van der Waals surface area (Å²) in [6.45, 7) is 1.15. The highest BCUT2D eigenvalue weighted by atomic mass is 32.2. The summed E-state index contributed by atoms with van der Waals surface area (Å²) in [5, 5.41) is -0.251. The summed E-state index contributed by atoms with van der Waals surface area (Å²) in [6.07, 6.45) is 1.73. The zero-order chi connectivity index (χ0) is 21.5. The summed E-state index contributed by atoms with van der Waals surface area (Å²) in [5.74, 6) is 1.26. The normalized spacial score (nSPS) is 14.8. The molecular formula is C25H21NO4S. The van der Waals surface area contributed by atoms with E-state index < -0.39 is 0 Å². The third-order valence-corrected chi connectivity index (χ3v) is 5.51. The Labute approximate surface area is 185 Å². The van der Waals surface area contributed by atoms with Gasteiger partial charge >= 0.3 is 0 Å². The molecule has 1 heterocycles. The fourth-order valence-corrected chi connectivity index (χ4v) is 3.89. The van der Waals surface area contributed by atoms with Crippen LogP contribution in [-0.4, -0.2) is 29.3 Å². The predicted molar refractivity (Wildman–Crippen MR) is 122 cm³/mol.